The molecule has 0 spiro atoms. The van der Waals surface area contributed by atoms with Crippen LogP contribution in [-0.4, -0.2) is 75.7 Å². The summed E-state index contributed by atoms with van der Waals surface area (Å²) in [5.41, 5.74) is 10.5. The third kappa shape index (κ3) is 10.1. The Balaban J connectivity index is 5.35. The topological polar surface area (TPSA) is 231 Å². The number of nitrogens with two attached hydrogens (primary N) is 2. The van der Waals surface area contributed by atoms with Gasteiger partial charge in [-0.2, -0.15) is 12.6 Å². The summed E-state index contributed by atoms with van der Waals surface area (Å²) in [6.07, 6.45) is -0.878. The molecule has 0 fully saturated rings. The van der Waals surface area contributed by atoms with Crippen molar-refractivity contribution < 1.29 is 39.0 Å². The molecule has 4 amide bonds. The SMILES string of the molecule is CCC(C)C(NC(=O)C(CS)NC(=O)C(N)CC(N)=O)C(=O)NC(CC(=O)O)C(=O)O. The summed E-state index contributed by atoms with van der Waals surface area (Å²) >= 11 is 3.99. The van der Waals surface area contributed by atoms with Gasteiger partial charge in [0.1, 0.15) is 18.1 Å². The van der Waals surface area contributed by atoms with Gasteiger partial charge in [0.25, 0.3) is 0 Å². The number of amides is 4. The fraction of sp³-hybridized carbons (Fsp3) is 0.647. The van der Waals surface area contributed by atoms with E-state index in [1.54, 1.807) is 13.8 Å². The fourth-order valence-corrected chi connectivity index (χ4v) is 2.63. The Labute approximate surface area is 184 Å². The maximum absolute atomic E-state index is 12.6. The molecule has 0 aliphatic carbocycles. The monoisotopic (exact) mass is 463 g/mol. The molecule has 0 aliphatic rings. The van der Waals surface area contributed by atoms with Crippen molar-refractivity contribution >= 4 is 48.2 Å². The molecule has 9 N–H and O–H groups in total. The van der Waals surface area contributed by atoms with Gasteiger partial charge in [-0.15, -0.1) is 0 Å². The van der Waals surface area contributed by atoms with Crippen LogP contribution in [0.2, 0.25) is 0 Å². The van der Waals surface area contributed by atoms with E-state index in [0.717, 1.165) is 0 Å². The number of hydrogen-bond acceptors (Lipinski definition) is 8. The van der Waals surface area contributed by atoms with E-state index in [9.17, 15) is 28.8 Å². The second-order valence-corrected chi connectivity index (χ2v) is 7.25. The van der Waals surface area contributed by atoms with Crippen LogP contribution in [-0.2, 0) is 28.8 Å². The lowest BCUT2D eigenvalue weighted by molar-refractivity contribution is -0.147. The Hall–Kier alpha value is -2.87. The zero-order valence-electron chi connectivity index (χ0n) is 17.2. The van der Waals surface area contributed by atoms with E-state index < -0.39 is 78.5 Å². The van der Waals surface area contributed by atoms with Crippen LogP contribution in [0.1, 0.15) is 33.1 Å². The number of aliphatic carboxylic acids is 2. The highest BCUT2D eigenvalue weighted by Gasteiger charge is 2.33. The highest BCUT2D eigenvalue weighted by Crippen LogP contribution is 2.10. The van der Waals surface area contributed by atoms with Crippen molar-refractivity contribution in [2.45, 2.75) is 57.3 Å². The lowest BCUT2D eigenvalue weighted by Crippen LogP contribution is -2.59. The first kappa shape index (κ1) is 28.1. The zero-order valence-corrected chi connectivity index (χ0v) is 18.1. The van der Waals surface area contributed by atoms with Gasteiger partial charge in [-0.3, -0.25) is 24.0 Å². The van der Waals surface area contributed by atoms with Crippen molar-refractivity contribution in [3.05, 3.63) is 0 Å². The van der Waals surface area contributed by atoms with E-state index >= 15 is 0 Å². The van der Waals surface area contributed by atoms with E-state index in [0.29, 0.717) is 6.42 Å². The Morgan fingerprint density at radius 1 is 0.903 bits per heavy atom. The Bertz CT molecular complexity index is 704. The van der Waals surface area contributed by atoms with Crippen LogP contribution in [0, 0.1) is 5.92 Å². The number of carboxylic acids is 2. The van der Waals surface area contributed by atoms with Crippen molar-refractivity contribution in [2.75, 3.05) is 5.75 Å². The number of primary amides is 1. The summed E-state index contributed by atoms with van der Waals surface area (Å²) in [6, 6.07) is -5.41. The average molecular weight is 464 g/mol. The van der Waals surface area contributed by atoms with Crippen molar-refractivity contribution in [2.24, 2.45) is 17.4 Å². The van der Waals surface area contributed by atoms with E-state index in [2.05, 4.69) is 28.6 Å². The summed E-state index contributed by atoms with van der Waals surface area (Å²) in [7, 11) is 0. The number of nitrogens with one attached hydrogen (secondary N) is 3. The van der Waals surface area contributed by atoms with Gasteiger partial charge in [0.05, 0.1) is 18.9 Å². The number of carbonyl (C=O) groups is 6. The molecule has 0 radical (unpaired) electrons. The largest absolute Gasteiger partial charge is 0.481 e. The summed E-state index contributed by atoms with van der Waals surface area (Å²) in [6.45, 7) is 3.35. The molecule has 0 saturated carbocycles. The molecule has 31 heavy (non-hydrogen) atoms. The molecule has 176 valence electrons. The minimum Gasteiger partial charge on any atom is -0.481 e. The molecular weight excluding hydrogens is 434 g/mol. The third-order valence-corrected chi connectivity index (χ3v) is 4.73. The highest BCUT2D eigenvalue weighted by atomic mass is 32.1. The number of thiol groups is 1. The summed E-state index contributed by atoms with van der Waals surface area (Å²) in [5.74, 6) is -6.95. The first-order valence-corrected chi connectivity index (χ1v) is 9.97. The quantitative estimate of drug-likeness (QED) is 0.124. The lowest BCUT2D eigenvalue weighted by atomic mass is 9.97. The molecule has 0 aromatic heterocycles. The predicted molar refractivity (Wildman–Crippen MR) is 111 cm³/mol. The normalized spacial score (nSPS) is 15.5. The number of carboxylic acid groups (broad SMARTS) is 2. The molecule has 0 aliphatic heterocycles. The molecule has 0 aromatic rings. The van der Waals surface area contributed by atoms with Crippen LogP contribution < -0.4 is 27.4 Å². The minimum atomic E-state index is -1.69. The smallest absolute Gasteiger partial charge is 0.326 e. The van der Waals surface area contributed by atoms with Gasteiger partial charge in [-0.1, -0.05) is 20.3 Å². The number of carbonyl (C=O) groups excluding carboxylic acids is 4. The zero-order chi connectivity index (χ0) is 24.3. The molecule has 0 saturated heterocycles. The van der Waals surface area contributed by atoms with Gasteiger partial charge >= 0.3 is 11.9 Å². The lowest BCUT2D eigenvalue weighted by Gasteiger charge is -2.27. The van der Waals surface area contributed by atoms with Gasteiger partial charge in [0.15, 0.2) is 0 Å². The van der Waals surface area contributed by atoms with Gasteiger partial charge in [-0.05, 0) is 5.92 Å². The molecule has 5 unspecified atom stereocenters. The van der Waals surface area contributed by atoms with Crippen LogP contribution in [0.4, 0.5) is 0 Å². The molecule has 13 nitrogen and oxygen atoms in total. The second kappa shape index (κ2) is 13.4. The van der Waals surface area contributed by atoms with E-state index in [1.165, 1.54) is 0 Å². The van der Waals surface area contributed by atoms with Crippen molar-refractivity contribution in [3.8, 4) is 0 Å². The van der Waals surface area contributed by atoms with Gasteiger partial charge in [-0.25, -0.2) is 4.79 Å². The van der Waals surface area contributed by atoms with Crippen LogP contribution in [0.15, 0.2) is 0 Å². The van der Waals surface area contributed by atoms with E-state index in [4.69, 9.17) is 21.7 Å². The standard InChI is InChI=1S/C17H29N5O8S/c1-3-7(2)13(16(28)20-9(17(29)30)5-12(24)25)22-15(27)10(6-31)21-14(26)8(18)4-11(19)23/h7-10,13,31H,3-6,18H2,1-2H3,(H2,19,23)(H,20,28)(H,21,26)(H,22,27)(H,24,25)(H,29,30). The number of hydrogen-bond donors (Lipinski definition) is 8. The van der Waals surface area contributed by atoms with Crippen molar-refractivity contribution in [3.63, 3.8) is 0 Å². The van der Waals surface area contributed by atoms with Crippen LogP contribution >= 0.6 is 12.6 Å². The first-order chi connectivity index (χ1) is 14.3. The molecule has 5 atom stereocenters. The number of rotatable bonds is 14. The van der Waals surface area contributed by atoms with Crippen molar-refractivity contribution in [1.29, 1.82) is 0 Å². The molecule has 14 heteroatoms. The predicted octanol–water partition coefficient (Wildman–Crippen LogP) is -2.82. The molecule has 0 heterocycles. The van der Waals surface area contributed by atoms with Crippen molar-refractivity contribution in [1.82, 2.24) is 16.0 Å². The highest BCUT2D eigenvalue weighted by molar-refractivity contribution is 7.80. The minimum absolute atomic E-state index is 0.174. The third-order valence-electron chi connectivity index (χ3n) is 4.36. The Morgan fingerprint density at radius 3 is 1.87 bits per heavy atom. The van der Waals surface area contributed by atoms with Gasteiger partial charge in [0.2, 0.25) is 23.6 Å². The van der Waals surface area contributed by atoms with Crippen LogP contribution in [0.3, 0.4) is 0 Å². The molecule has 0 aromatic carbocycles. The summed E-state index contributed by atoms with van der Waals surface area (Å²) < 4.78 is 0. The maximum Gasteiger partial charge on any atom is 0.326 e. The van der Waals surface area contributed by atoms with Gasteiger partial charge < -0.3 is 37.6 Å². The average Bonchev–Trinajstić information content (AvgIpc) is 2.67. The summed E-state index contributed by atoms with van der Waals surface area (Å²) in [5, 5.41) is 24.7. The van der Waals surface area contributed by atoms with E-state index in [1.807, 2.05) is 0 Å². The molecule has 0 rings (SSSR count). The maximum atomic E-state index is 12.6. The van der Waals surface area contributed by atoms with Gasteiger partial charge in [0, 0.05) is 5.75 Å². The Kier molecular flexibility index (Phi) is 12.2. The second-order valence-electron chi connectivity index (χ2n) is 6.89. The summed E-state index contributed by atoms with van der Waals surface area (Å²) in [4.78, 5) is 70.1. The van der Waals surface area contributed by atoms with Crippen LogP contribution in [0.25, 0.3) is 0 Å². The van der Waals surface area contributed by atoms with Crippen LogP contribution in [0.5, 0.6) is 0 Å². The first-order valence-electron chi connectivity index (χ1n) is 9.34. The molecule has 0 bridgehead atoms. The molecular formula is C17H29N5O8S. The fourth-order valence-electron chi connectivity index (χ4n) is 2.37. The van der Waals surface area contributed by atoms with E-state index in [-0.39, 0.29) is 5.75 Å². The Morgan fingerprint density at radius 2 is 1.45 bits per heavy atom.